The molecule has 0 aliphatic rings. The van der Waals surface area contributed by atoms with E-state index in [1.807, 2.05) is 25.1 Å². The molecule has 2 aromatic carbocycles. The van der Waals surface area contributed by atoms with E-state index in [1.54, 1.807) is 6.07 Å². The van der Waals surface area contributed by atoms with Crippen molar-refractivity contribution in [3.63, 3.8) is 0 Å². The molecule has 0 aliphatic carbocycles. The van der Waals surface area contributed by atoms with E-state index in [9.17, 15) is 4.39 Å². The van der Waals surface area contributed by atoms with Crippen LogP contribution in [-0.4, -0.2) is 6.61 Å². The molecule has 0 bridgehead atoms. The summed E-state index contributed by atoms with van der Waals surface area (Å²) < 4.78 is 18.9. The summed E-state index contributed by atoms with van der Waals surface area (Å²) in [6, 6.07) is 14.6. The summed E-state index contributed by atoms with van der Waals surface area (Å²) in [5, 5.41) is 0. The molecule has 106 valence electrons. The van der Waals surface area contributed by atoms with Crippen LogP contribution in [0.3, 0.4) is 0 Å². The predicted octanol–water partition coefficient (Wildman–Crippen LogP) is 3.86. The number of halogens is 1. The van der Waals surface area contributed by atoms with Gasteiger partial charge in [0.15, 0.2) is 0 Å². The van der Waals surface area contributed by atoms with Gasteiger partial charge in [0.2, 0.25) is 0 Å². The molecule has 2 N–H and O–H groups in total. The first kappa shape index (κ1) is 14.5. The zero-order valence-corrected chi connectivity index (χ0v) is 11.7. The Balaban J connectivity index is 1.89. The lowest BCUT2D eigenvalue weighted by molar-refractivity contribution is 0.305. The van der Waals surface area contributed by atoms with Gasteiger partial charge in [0, 0.05) is 17.7 Å². The van der Waals surface area contributed by atoms with Crippen LogP contribution in [0.1, 0.15) is 30.5 Å². The van der Waals surface area contributed by atoms with Crippen LogP contribution in [-0.2, 0) is 6.42 Å². The Bertz CT molecular complexity index is 540. The van der Waals surface area contributed by atoms with Crippen LogP contribution < -0.4 is 10.5 Å². The van der Waals surface area contributed by atoms with Crippen molar-refractivity contribution in [1.29, 1.82) is 0 Å². The fourth-order valence-electron chi connectivity index (χ4n) is 2.11. The van der Waals surface area contributed by atoms with Crippen molar-refractivity contribution in [2.24, 2.45) is 5.73 Å². The second kappa shape index (κ2) is 7.06. The molecule has 0 fully saturated rings. The van der Waals surface area contributed by atoms with Crippen molar-refractivity contribution in [2.75, 3.05) is 6.61 Å². The summed E-state index contributed by atoms with van der Waals surface area (Å²) in [6.07, 6.45) is 1.84. The monoisotopic (exact) mass is 273 g/mol. The molecule has 1 unspecified atom stereocenters. The Labute approximate surface area is 119 Å². The predicted molar refractivity (Wildman–Crippen MR) is 79.3 cm³/mol. The van der Waals surface area contributed by atoms with E-state index in [-0.39, 0.29) is 11.9 Å². The Morgan fingerprint density at radius 1 is 1.15 bits per heavy atom. The summed E-state index contributed by atoms with van der Waals surface area (Å²) in [5.74, 6) is 0.250. The van der Waals surface area contributed by atoms with Gasteiger partial charge in [0.25, 0.3) is 0 Å². The fourth-order valence-corrected chi connectivity index (χ4v) is 2.11. The van der Waals surface area contributed by atoms with Crippen LogP contribution in [0.2, 0.25) is 0 Å². The molecule has 20 heavy (non-hydrogen) atoms. The standard InChI is InChI=1S/C17H20FNO/c1-13(19)16-10-9-15(18)12-17(16)20-11-5-8-14-6-3-2-4-7-14/h2-4,6-7,9-10,12-13H,5,8,11,19H2,1H3. The fraction of sp³-hybridized carbons (Fsp3) is 0.294. The number of aryl methyl sites for hydroxylation is 1. The second-order valence-electron chi connectivity index (χ2n) is 4.91. The van der Waals surface area contributed by atoms with Crippen molar-refractivity contribution in [3.05, 3.63) is 65.5 Å². The van der Waals surface area contributed by atoms with Crippen LogP contribution >= 0.6 is 0 Å². The summed E-state index contributed by atoms with van der Waals surface area (Å²) in [7, 11) is 0. The van der Waals surface area contributed by atoms with E-state index in [0.29, 0.717) is 12.4 Å². The molecule has 3 heteroatoms. The number of hydrogen-bond donors (Lipinski definition) is 1. The lowest BCUT2D eigenvalue weighted by atomic mass is 10.1. The summed E-state index contributed by atoms with van der Waals surface area (Å²) in [4.78, 5) is 0. The third kappa shape index (κ3) is 4.07. The number of ether oxygens (including phenoxy) is 1. The van der Waals surface area contributed by atoms with Crippen molar-refractivity contribution >= 4 is 0 Å². The van der Waals surface area contributed by atoms with Crippen molar-refractivity contribution in [1.82, 2.24) is 0 Å². The maximum Gasteiger partial charge on any atom is 0.126 e. The van der Waals surface area contributed by atoms with Crippen LogP contribution in [0.4, 0.5) is 4.39 Å². The molecular formula is C17H20FNO. The molecule has 0 amide bonds. The van der Waals surface area contributed by atoms with Gasteiger partial charge in [-0.05, 0) is 31.4 Å². The normalized spacial score (nSPS) is 12.2. The molecular weight excluding hydrogens is 253 g/mol. The van der Waals surface area contributed by atoms with E-state index >= 15 is 0 Å². The molecule has 0 saturated heterocycles. The molecule has 2 aromatic rings. The third-order valence-electron chi connectivity index (χ3n) is 3.18. The Hall–Kier alpha value is -1.87. The second-order valence-corrected chi connectivity index (χ2v) is 4.91. The van der Waals surface area contributed by atoms with Gasteiger partial charge in [-0.2, -0.15) is 0 Å². The smallest absolute Gasteiger partial charge is 0.126 e. The summed E-state index contributed by atoms with van der Waals surface area (Å²) >= 11 is 0. The minimum Gasteiger partial charge on any atom is -0.493 e. The third-order valence-corrected chi connectivity index (χ3v) is 3.18. The Morgan fingerprint density at radius 3 is 2.60 bits per heavy atom. The number of rotatable bonds is 6. The number of nitrogens with two attached hydrogens (primary N) is 1. The highest BCUT2D eigenvalue weighted by Crippen LogP contribution is 2.25. The van der Waals surface area contributed by atoms with Gasteiger partial charge in [0.1, 0.15) is 11.6 Å². The lowest BCUT2D eigenvalue weighted by Gasteiger charge is -2.14. The molecule has 0 heterocycles. The van der Waals surface area contributed by atoms with E-state index in [2.05, 4.69) is 12.1 Å². The van der Waals surface area contributed by atoms with Gasteiger partial charge in [-0.1, -0.05) is 36.4 Å². The van der Waals surface area contributed by atoms with Gasteiger partial charge in [-0.3, -0.25) is 0 Å². The molecule has 1 atom stereocenters. The first-order valence-corrected chi connectivity index (χ1v) is 6.88. The average Bonchev–Trinajstić information content (AvgIpc) is 2.44. The number of benzene rings is 2. The van der Waals surface area contributed by atoms with Crippen molar-refractivity contribution in [3.8, 4) is 5.75 Å². The lowest BCUT2D eigenvalue weighted by Crippen LogP contribution is -2.09. The van der Waals surface area contributed by atoms with E-state index in [0.717, 1.165) is 18.4 Å². The zero-order chi connectivity index (χ0) is 14.4. The molecule has 2 nitrogen and oxygen atoms in total. The van der Waals surface area contributed by atoms with Crippen molar-refractivity contribution in [2.45, 2.75) is 25.8 Å². The highest BCUT2D eigenvalue weighted by atomic mass is 19.1. The molecule has 2 rings (SSSR count). The van der Waals surface area contributed by atoms with E-state index in [1.165, 1.54) is 17.7 Å². The van der Waals surface area contributed by atoms with Crippen LogP contribution in [0.15, 0.2) is 48.5 Å². The van der Waals surface area contributed by atoms with E-state index in [4.69, 9.17) is 10.5 Å². The Morgan fingerprint density at radius 2 is 1.90 bits per heavy atom. The largest absolute Gasteiger partial charge is 0.493 e. The van der Waals surface area contributed by atoms with E-state index < -0.39 is 0 Å². The minimum absolute atomic E-state index is 0.167. The first-order valence-electron chi connectivity index (χ1n) is 6.88. The summed E-state index contributed by atoms with van der Waals surface area (Å²) in [5.41, 5.74) is 7.98. The van der Waals surface area contributed by atoms with Crippen LogP contribution in [0.25, 0.3) is 0 Å². The van der Waals surface area contributed by atoms with Gasteiger partial charge >= 0.3 is 0 Å². The van der Waals surface area contributed by atoms with Crippen LogP contribution in [0, 0.1) is 5.82 Å². The minimum atomic E-state index is -0.299. The van der Waals surface area contributed by atoms with Gasteiger partial charge < -0.3 is 10.5 Å². The quantitative estimate of drug-likeness (QED) is 0.811. The van der Waals surface area contributed by atoms with Crippen molar-refractivity contribution < 1.29 is 9.13 Å². The Kier molecular flexibility index (Phi) is 5.13. The van der Waals surface area contributed by atoms with Gasteiger partial charge in [-0.25, -0.2) is 4.39 Å². The molecule has 0 spiro atoms. The highest BCUT2D eigenvalue weighted by Gasteiger charge is 2.09. The molecule has 0 radical (unpaired) electrons. The molecule has 0 aromatic heterocycles. The first-order chi connectivity index (χ1) is 9.66. The van der Waals surface area contributed by atoms with Gasteiger partial charge in [-0.15, -0.1) is 0 Å². The molecule has 0 aliphatic heterocycles. The SMILES string of the molecule is CC(N)c1ccc(F)cc1OCCCc1ccccc1. The summed E-state index contributed by atoms with van der Waals surface area (Å²) in [6.45, 7) is 2.42. The molecule has 0 saturated carbocycles. The maximum absolute atomic E-state index is 13.3. The zero-order valence-electron chi connectivity index (χ0n) is 11.7. The average molecular weight is 273 g/mol. The van der Waals surface area contributed by atoms with Gasteiger partial charge in [0.05, 0.1) is 6.61 Å². The number of hydrogen-bond acceptors (Lipinski definition) is 2. The highest BCUT2D eigenvalue weighted by molar-refractivity contribution is 5.36. The maximum atomic E-state index is 13.3. The topological polar surface area (TPSA) is 35.2 Å². The van der Waals surface area contributed by atoms with Crippen LogP contribution in [0.5, 0.6) is 5.75 Å².